The van der Waals surface area contributed by atoms with E-state index in [1.54, 1.807) is 10.7 Å². The maximum atomic E-state index is 11.6. The zero-order valence-electron chi connectivity index (χ0n) is 14.6. The van der Waals surface area contributed by atoms with Crippen LogP contribution in [0.15, 0.2) is 48.5 Å². The molecule has 1 atom stereocenters. The zero-order chi connectivity index (χ0) is 20.5. The first kappa shape index (κ1) is 22.0. The normalized spacial score (nSPS) is 11.1. The summed E-state index contributed by atoms with van der Waals surface area (Å²) in [4.78, 5) is 11.6. The van der Waals surface area contributed by atoms with Crippen LogP contribution in [-0.4, -0.2) is 38.6 Å². The van der Waals surface area contributed by atoms with E-state index in [4.69, 9.17) is 13.9 Å². The van der Waals surface area contributed by atoms with Crippen molar-refractivity contribution in [1.82, 2.24) is 9.78 Å². The Kier molecular flexibility index (Phi) is 8.59. The number of para-hydroxylation sites is 1. The predicted molar refractivity (Wildman–Crippen MR) is 118 cm³/mol. The fourth-order valence-corrected chi connectivity index (χ4v) is 2.52. The smallest absolute Gasteiger partial charge is 0.269 e. The predicted octanol–water partition coefficient (Wildman–Crippen LogP) is 2.37. The van der Waals surface area contributed by atoms with Crippen molar-refractivity contribution in [3.05, 3.63) is 59.8 Å². The van der Waals surface area contributed by atoms with Gasteiger partial charge in [0.15, 0.2) is 5.69 Å². The van der Waals surface area contributed by atoms with Crippen molar-refractivity contribution in [3.63, 3.8) is 0 Å². The zero-order valence-corrected chi connectivity index (χ0v) is 17.7. The quantitative estimate of drug-likeness (QED) is 0.244. The summed E-state index contributed by atoms with van der Waals surface area (Å²) in [6.07, 6.45) is -0.668. The molecule has 7 nitrogen and oxygen atoms in total. The summed E-state index contributed by atoms with van der Waals surface area (Å²) in [6.45, 7) is -0.120. The number of halogens is 1. The minimum absolute atomic E-state index is 0.120. The number of primary amides is 1. The van der Waals surface area contributed by atoms with E-state index in [1.165, 1.54) is 0 Å². The van der Waals surface area contributed by atoms with Crippen LogP contribution in [0.2, 0.25) is 0 Å². The van der Waals surface area contributed by atoms with Crippen LogP contribution in [0, 0.1) is 11.8 Å². The topological polar surface area (TPSA) is 118 Å². The molecule has 9 heteroatoms. The van der Waals surface area contributed by atoms with E-state index in [-0.39, 0.29) is 18.7 Å². The molecule has 0 saturated carbocycles. The second-order valence-corrected chi connectivity index (χ2v) is 6.88. The molecule has 1 aromatic heterocycles. The second kappa shape index (κ2) is 10.9. The highest BCUT2D eigenvalue weighted by Gasteiger charge is 2.15. The van der Waals surface area contributed by atoms with Crippen molar-refractivity contribution in [2.24, 2.45) is 5.73 Å². The van der Waals surface area contributed by atoms with E-state index in [1.807, 2.05) is 42.5 Å². The SMILES string of the molecule is NC(=O)c1nn(-c2cccc(C#C[C@H](O)CCO)c2)c2ccccc12.O=IS. The molecule has 0 radical (unpaired) electrons. The first-order chi connectivity index (χ1) is 13.5. The van der Waals surface area contributed by atoms with Gasteiger partial charge < -0.3 is 15.9 Å². The molecule has 0 aliphatic rings. The summed E-state index contributed by atoms with van der Waals surface area (Å²) in [5.41, 5.74) is 7.82. The number of thiol groups is 1. The summed E-state index contributed by atoms with van der Waals surface area (Å²) in [5.74, 6) is 4.97. The Morgan fingerprint density at radius 3 is 2.68 bits per heavy atom. The Bertz CT molecular complexity index is 1040. The van der Waals surface area contributed by atoms with Crippen LogP contribution in [0.3, 0.4) is 0 Å². The summed E-state index contributed by atoms with van der Waals surface area (Å²) < 4.78 is 10.5. The lowest BCUT2D eigenvalue weighted by atomic mass is 10.1. The molecule has 3 aromatic rings. The second-order valence-electron chi connectivity index (χ2n) is 5.56. The lowest BCUT2D eigenvalue weighted by molar-refractivity contribution is 0.0996. The Labute approximate surface area is 176 Å². The van der Waals surface area contributed by atoms with Gasteiger partial charge in [0.2, 0.25) is 19.8 Å². The van der Waals surface area contributed by atoms with E-state index in [2.05, 4.69) is 26.7 Å². The molecular formula is C19H18IN3O4S. The molecule has 0 spiro atoms. The molecule has 0 unspecified atom stereocenters. The molecule has 28 heavy (non-hydrogen) atoms. The fraction of sp³-hybridized carbons (Fsp3) is 0.158. The Balaban J connectivity index is 0.000000878. The standard InChI is InChI=1S/C19H17N3O3.HIOS/c20-19(25)18-16-6-1-2-7-17(16)22(21-18)14-5-3-4-13(12-14)8-9-15(24)10-11-23;2-1-3/h1-7,12,15,23-24H,10-11H2,(H2,20,25);(H,2,3)/t15-;/m0./s1. The Hall–Kier alpha value is -2.26. The van der Waals surface area contributed by atoms with E-state index in [0.717, 1.165) is 11.2 Å². The average molecular weight is 511 g/mol. The van der Waals surface area contributed by atoms with E-state index < -0.39 is 31.8 Å². The number of aliphatic hydroxyl groups excluding tert-OH is 2. The minimum atomic E-state index is -0.966. The number of carbonyl (C=O) groups excluding carboxylic acids is 1. The van der Waals surface area contributed by atoms with Gasteiger partial charge in [-0.25, -0.2) is 4.68 Å². The number of benzene rings is 2. The summed E-state index contributed by atoms with van der Waals surface area (Å²) in [7, 11) is 3.34. The third-order valence-corrected chi connectivity index (χ3v) is 3.70. The van der Waals surface area contributed by atoms with Crippen LogP contribution in [0.4, 0.5) is 0 Å². The highest BCUT2D eigenvalue weighted by atomic mass is 127. The van der Waals surface area contributed by atoms with Crippen molar-refractivity contribution >= 4 is 46.4 Å². The number of aromatic nitrogens is 2. The van der Waals surface area contributed by atoms with Crippen molar-refractivity contribution in [3.8, 4) is 17.5 Å². The Morgan fingerprint density at radius 1 is 1.29 bits per heavy atom. The summed E-state index contributed by atoms with van der Waals surface area (Å²) in [5, 5.41) is 23.4. The molecule has 1 amide bonds. The lowest BCUT2D eigenvalue weighted by Crippen LogP contribution is -2.12. The van der Waals surface area contributed by atoms with Crippen LogP contribution in [-0.2, 0) is 3.07 Å². The minimum Gasteiger partial charge on any atom is -0.396 e. The van der Waals surface area contributed by atoms with Gasteiger partial charge >= 0.3 is 0 Å². The highest BCUT2D eigenvalue weighted by molar-refractivity contribution is 14.2. The van der Waals surface area contributed by atoms with Crippen LogP contribution in [0.25, 0.3) is 16.6 Å². The maximum Gasteiger partial charge on any atom is 0.269 e. The van der Waals surface area contributed by atoms with Gasteiger partial charge in [-0.2, -0.15) is 5.10 Å². The Morgan fingerprint density at radius 2 is 2.00 bits per heavy atom. The van der Waals surface area contributed by atoms with Gasteiger partial charge in [-0.1, -0.05) is 45.9 Å². The molecular weight excluding hydrogens is 493 g/mol. The van der Waals surface area contributed by atoms with E-state index in [0.29, 0.717) is 10.9 Å². The molecule has 0 aliphatic carbocycles. The van der Waals surface area contributed by atoms with E-state index in [9.17, 15) is 9.90 Å². The number of hydrogen-bond donors (Lipinski definition) is 4. The number of nitrogens with two attached hydrogens (primary N) is 1. The summed E-state index contributed by atoms with van der Waals surface area (Å²) in [6, 6.07) is 14.6. The molecule has 3 rings (SSSR count). The first-order valence-corrected chi connectivity index (χ1v) is 12.2. The van der Waals surface area contributed by atoms with Gasteiger partial charge in [-0.3, -0.25) is 7.86 Å². The number of aliphatic hydroxyl groups is 2. The van der Waals surface area contributed by atoms with Crippen molar-refractivity contribution in [2.45, 2.75) is 12.5 Å². The molecule has 0 fully saturated rings. The number of nitrogens with zero attached hydrogens (tertiary/aromatic N) is 2. The fourth-order valence-electron chi connectivity index (χ4n) is 2.52. The number of hydrogen-bond acceptors (Lipinski definition) is 5. The van der Waals surface area contributed by atoms with Gasteiger partial charge in [0.1, 0.15) is 6.10 Å². The molecule has 2 aromatic carbocycles. The molecule has 146 valence electrons. The van der Waals surface area contributed by atoms with Gasteiger partial charge in [0.25, 0.3) is 5.91 Å². The van der Waals surface area contributed by atoms with E-state index >= 15 is 0 Å². The molecule has 1 heterocycles. The maximum absolute atomic E-state index is 11.6. The van der Waals surface area contributed by atoms with Crippen LogP contribution >= 0.6 is 29.6 Å². The highest BCUT2D eigenvalue weighted by Crippen LogP contribution is 2.22. The number of carbonyl (C=O) groups is 1. The van der Waals surface area contributed by atoms with Gasteiger partial charge in [0.05, 0.1) is 11.2 Å². The lowest BCUT2D eigenvalue weighted by Gasteiger charge is -2.04. The van der Waals surface area contributed by atoms with Crippen LogP contribution < -0.4 is 5.73 Å². The van der Waals surface area contributed by atoms with Crippen molar-refractivity contribution in [2.75, 3.05) is 6.61 Å². The third kappa shape index (κ3) is 5.62. The number of amides is 1. The largest absolute Gasteiger partial charge is 0.396 e. The van der Waals surface area contributed by atoms with Crippen LogP contribution in [0.1, 0.15) is 22.5 Å². The summed E-state index contributed by atoms with van der Waals surface area (Å²) >= 11 is -0.966. The monoisotopic (exact) mass is 511 g/mol. The van der Waals surface area contributed by atoms with Crippen molar-refractivity contribution in [1.29, 1.82) is 0 Å². The third-order valence-electron chi connectivity index (χ3n) is 3.70. The first-order valence-electron chi connectivity index (χ1n) is 8.11. The molecule has 0 bridgehead atoms. The van der Waals surface area contributed by atoms with Gasteiger partial charge in [-0.15, -0.1) is 0 Å². The number of fused-ring (bicyclic) bond motifs is 1. The van der Waals surface area contributed by atoms with Crippen LogP contribution in [0.5, 0.6) is 0 Å². The molecule has 0 aliphatic heterocycles. The van der Waals surface area contributed by atoms with Crippen molar-refractivity contribution < 1.29 is 18.1 Å². The average Bonchev–Trinajstić information content (AvgIpc) is 3.08. The van der Waals surface area contributed by atoms with Gasteiger partial charge in [0, 0.05) is 24.0 Å². The van der Waals surface area contributed by atoms with Gasteiger partial charge in [-0.05, 0) is 24.3 Å². The number of rotatable bonds is 4. The molecule has 0 saturated heterocycles. The molecule has 4 N–H and O–H groups in total.